The summed E-state index contributed by atoms with van der Waals surface area (Å²) in [5.74, 6) is 0.941. The molecule has 1 aliphatic heterocycles. The van der Waals surface area contributed by atoms with Crippen LogP contribution < -0.4 is 4.90 Å². The van der Waals surface area contributed by atoms with Crippen molar-refractivity contribution in [2.45, 2.75) is 19.9 Å². The molecule has 5 rings (SSSR count). The van der Waals surface area contributed by atoms with E-state index in [4.69, 9.17) is 11.6 Å². The molecule has 0 saturated carbocycles. The first kappa shape index (κ1) is 16.7. The lowest BCUT2D eigenvalue weighted by molar-refractivity contribution is 0.723. The zero-order chi connectivity index (χ0) is 18.4. The maximum atomic E-state index is 6.28. The molecule has 0 bridgehead atoms. The van der Waals surface area contributed by atoms with E-state index in [-0.39, 0.29) is 0 Å². The molecule has 4 aromatic rings. The first-order valence-electron chi connectivity index (χ1n) is 9.02. The highest BCUT2D eigenvalue weighted by atomic mass is 35.5. The van der Waals surface area contributed by atoms with Crippen LogP contribution in [-0.4, -0.2) is 16.5 Å². The Morgan fingerprint density at radius 3 is 2.59 bits per heavy atom. The molecule has 2 aromatic heterocycles. The van der Waals surface area contributed by atoms with E-state index < -0.39 is 0 Å². The molecule has 0 aliphatic carbocycles. The number of hydrogen-bond acceptors (Lipinski definition) is 4. The second kappa shape index (κ2) is 6.63. The molecular weight excluding hydrogens is 374 g/mol. The zero-order valence-electron chi connectivity index (χ0n) is 14.9. The van der Waals surface area contributed by atoms with Gasteiger partial charge in [0, 0.05) is 24.0 Å². The van der Waals surface area contributed by atoms with Gasteiger partial charge < -0.3 is 4.90 Å². The van der Waals surface area contributed by atoms with E-state index in [0.717, 1.165) is 35.5 Å². The Labute approximate surface area is 167 Å². The quantitative estimate of drug-likeness (QED) is 0.399. The number of nitrogens with zero attached hydrogens (tertiary/aromatic N) is 3. The molecule has 2 aromatic carbocycles. The molecule has 0 radical (unpaired) electrons. The molecule has 0 N–H and O–H groups in total. The maximum Gasteiger partial charge on any atom is 0.225 e. The van der Waals surface area contributed by atoms with E-state index in [1.165, 1.54) is 27.8 Å². The van der Waals surface area contributed by atoms with Gasteiger partial charge in [-0.05, 0) is 41.6 Å². The molecule has 3 heterocycles. The number of aromatic nitrogens is 2. The normalized spacial score (nSPS) is 13.8. The van der Waals surface area contributed by atoms with Crippen molar-refractivity contribution in [1.29, 1.82) is 0 Å². The maximum absolute atomic E-state index is 6.28. The molecular formula is C22H18ClN3S. The second-order valence-electron chi connectivity index (χ2n) is 6.95. The van der Waals surface area contributed by atoms with E-state index in [2.05, 4.69) is 75.7 Å². The van der Waals surface area contributed by atoms with Crippen LogP contribution in [-0.2, 0) is 13.0 Å². The minimum Gasteiger partial charge on any atom is -0.351 e. The number of fused-ring (bicyclic) bond motifs is 2. The van der Waals surface area contributed by atoms with Crippen molar-refractivity contribution in [3.05, 3.63) is 75.9 Å². The van der Waals surface area contributed by atoms with E-state index in [1.54, 1.807) is 11.3 Å². The molecule has 0 saturated heterocycles. The van der Waals surface area contributed by atoms with Gasteiger partial charge in [0.2, 0.25) is 5.28 Å². The van der Waals surface area contributed by atoms with Crippen molar-refractivity contribution < 1.29 is 0 Å². The van der Waals surface area contributed by atoms with E-state index >= 15 is 0 Å². The molecule has 0 spiro atoms. The van der Waals surface area contributed by atoms with Crippen molar-refractivity contribution in [3.63, 3.8) is 0 Å². The molecule has 5 heteroatoms. The lowest BCUT2D eigenvalue weighted by Crippen LogP contribution is -2.31. The first-order valence-corrected chi connectivity index (χ1v) is 10.3. The van der Waals surface area contributed by atoms with Crippen molar-refractivity contribution >= 4 is 39.0 Å². The largest absolute Gasteiger partial charge is 0.351 e. The number of thiophene rings is 1. The van der Waals surface area contributed by atoms with E-state index in [9.17, 15) is 0 Å². The number of hydrogen-bond donors (Lipinski definition) is 0. The molecule has 0 atom stereocenters. The number of anilines is 1. The lowest BCUT2D eigenvalue weighted by atomic mass is 9.99. The van der Waals surface area contributed by atoms with Gasteiger partial charge in [-0.15, -0.1) is 11.3 Å². The number of aryl methyl sites for hydroxylation is 1. The van der Waals surface area contributed by atoms with Crippen LogP contribution in [0.3, 0.4) is 0 Å². The minimum atomic E-state index is 0.314. The number of halogens is 1. The van der Waals surface area contributed by atoms with Gasteiger partial charge in [0.15, 0.2) is 0 Å². The average molecular weight is 392 g/mol. The van der Waals surface area contributed by atoms with Gasteiger partial charge >= 0.3 is 0 Å². The molecule has 27 heavy (non-hydrogen) atoms. The Balaban J connectivity index is 1.66. The van der Waals surface area contributed by atoms with Gasteiger partial charge in [-0.25, -0.2) is 4.98 Å². The third-order valence-corrected chi connectivity index (χ3v) is 6.22. The van der Waals surface area contributed by atoms with Gasteiger partial charge in [-0.3, -0.25) is 0 Å². The van der Waals surface area contributed by atoms with Crippen molar-refractivity contribution in [1.82, 2.24) is 9.97 Å². The average Bonchev–Trinajstić information content (AvgIpc) is 3.11. The Kier molecular flexibility index (Phi) is 4.10. The third-order valence-electron chi connectivity index (χ3n) is 5.18. The monoisotopic (exact) mass is 391 g/mol. The van der Waals surface area contributed by atoms with Crippen LogP contribution in [0.2, 0.25) is 5.28 Å². The summed E-state index contributed by atoms with van der Waals surface area (Å²) in [4.78, 5) is 12.4. The third kappa shape index (κ3) is 2.99. The smallest absolute Gasteiger partial charge is 0.225 e. The lowest BCUT2D eigenvalue weighted by Gasteiger charge is -2.30. The highest BCUT2D eigenvalue weighted by Crippen LogP contribution is 2.40. The summed E-state index contributed by atoms with van der Waals surface area (Å²) in [5.41, 5.74) is 6.41. The van der Waals surface area contributed by atoms with Gasteiger partial charge in [0.25, 0.3) is 0 Å². The Bertz CT molecular complexity index is 1130. The Hall–Kier alpha value is -2.43. The van der Waals surface area contributed by atoms with Crippen LogP contribution in [0, 0.1) is 6.92 Å². The fourth-order valence-corrected chi connectivity index (χ4v) is 4.91. The van der Waals surface area contributed by atoms with Gasteiger partial charge in [0.05, 0.1) is 5.39 Å². The van der Waals surface area contributed by atoms with Crippen molar-refractivity contribution in [2.75, 3.05) is 11.4 Å². The standard InChI is InChI=1S/C22H18ClN3S/c1-14-6-8-16(9-7-14)18-13-27-21-19(18)20(24-22(23)25-21)26-11-10-15-4-2-3-5-17(15)12-26/h2-9,13H,10-12H2,1H3. The van der Waals surface area contributed by atoms with Crippen molar-refractivity contribution in [3.8, 4) is 11.1 Å². The summed E-state index contributed by atoms with van der Waals surface area (Å²) in [7, 11) is 0. The number of benzene rings is 2. The topological polar surface area (TPSA) is 29.0 Å². The predicted octanol–water partition coefficient (Wildman–Crippen LogP) is 5.88. The molecule has 0 amide bonds. The number of rotatable bonds is 2. The molecule has 0 unspecified atom stereocenters. The molecule has 0 fully saturated rings. The summed E-state index contributed by atoms with van der Waals surface area (Å²) in [6.07, 6.45) is 1.02. The summed E-state index contributed by atoms with van der Waals surface area (Å²) in [6, 6.07) is 17.3. The Morgan fingerprint density at radius 2 is 1.78 bits per heavy atom. The highest BCUT2D eigenvalue weighted by molar-refractivity contribution is 7.17. The highest BCUT2D eigenvalue weighted by Gasteiger charge is 2.23. The predicted molar refractivity (Wildman–Crippen MR) is 114 cm³/mol. The van der Waals surface area contributed by atoms with Gasteiger partial charge in [0.1, 0.15) is 10.6 Å². The summed E-state index contributed by atoms with van der Waals surface area (Å²) < 4.78 is 0. The van der Waals surface area contributed by atoms with Crippen LogP contribution in [0.5, 0.6) is 0 Å². The van der Waals surface area contributed by atoms with Crippen LogP contribution >= 0.6 is 22.9 Å². The van der Waals surface area contributed by atoms with Gasteiger partial charge in [-0.2, -0.15) is 4.98 Å². The molecule has 1 aliphatic rings. The molecule has 3 nitrogen and oxygen atoms in total. The van der Waals surface area contributed by atoms with Crippen LogP contribution in [0.1, 0.15) is 16.7 Å². The van der Waals surface area contributed by atoms with E-state index in [1.807, 2.05) is 0 Å². The summed E-state index contributed by atoms with van der Waals surface area (Å²) >= 11 is 7.91. The second-order valence-corrected chi connectivity index (χ2v) is 8.15. The Morgan fingerprint density at radius 1 is 1.00 bits per heavy atom. The van der Waals surface area contributed by atoms with E-state index in [0.29, 0.717) is 5.28 Å². The van der Waals surface area contributed by atoms with Crippen LogP contribution in [0.25, 0.3) is 21.3 Å². The first-order chi connectivity index (χ1) is 13.2. The zero-order valence-corrected chi connectivity index (χ0v) is 16.5. The fourth-order valence-electron chi connectivity index (χ4n) is 3.75. The summed E-state index contributed by atoms with van der Waals surface area (Å²) in [5, 5.41) is 3.59. The minimum absolute atomic E-state index is 0.314. The summed E-state index contributed by atoms with van der Waals surface area (Å²) in [6.45, 7) is 3.89. The van der Waals surface area contributed by atoms with Crippen LogP contribution in [0.4, 0.5) is 5.82 Å². The van der Waals surface area contributed by atoms with Crippen molar-refractivity contribution in [2.24, 2.45) is 0 Å². The SMILES string of the molecule is Cc1ccc(-c2csc3nc(Cl)nc(N4CCc5ccccc5C4)c23)cc1. The molecule has 134 valence electrons. The fraction of sp³-hybridized carbons (Fsp3) is 0.182. The van der Waals surface area contributed by atoms with Gasteiger partial charge in [-0.1, -0.05) is 54.1 Å². The van der Waals surface area contributed by atoms with Crippen LogP contribution in [0.15, 0.2) is 53.9 Å².